The smallest absolute Gasteiger partial charge is 0.0415 e. The highest BCUT2D eigenvalue weighted by atomic mass is 15.1. The minimum atomic E-state index is 0.885. The van der Waals surface area contributed by atoms with Gasteiger partial charge in [0.05, 0.1) is 0 Å². The van der Waals surface area contributed by atoms with Crippen LogP contribution in [-0.2, 0) is 13.1 Å². The molecule has 1 aliphatic heterocycles. The maximum atomic E-state index is 3.50. The molecule has 1 aromatic carbocycles. The molecule has 112 valence electrons. The Labute approximate surface area is 127 Å². The van der Waals surface area contributed by atoms with E-state index in [1.807, 2.05) is 0 Å². The predicted octanol–water partition coefficient (Wildman–Crippen LogP) is 4.11. The molecular formula is C18H25N3. The van der Waals surface area contributed by atoms with Crippen LogP contribution in [0.15, 0.2) is 42.7 Å². The summed E-state index contributed by atoms with van der Waals surface area (Å²) in [6.45, 7) is 6.49. The normalized spacial score (nSPS) is 15.2. The second kappa shape index (κ2) is 6.70. The summed E-state index contributed by atoms with van der Waals surface area (Å²) in [4.78, 5) is 2.49. The molecule has 2 heterocycles. The van der Waals surface area contributed by atoms with Crippen LogP contribution >= 0.6 is 0 Å². The van der Waals surface area contributed by atoms with Crippen molar-refractivity contribution in [1.29, 1.82) is 0 Å². The summed E-state index contributed by atoms with van der Waals surface area (Å²) in [6.07, 6.45) is 8.38. The third-order valence-electron chi connectivity index (χ3n) is 4.26. The van der Waals surface area contributed by atoms with Crippen LogP contribution in [-0.4, -0.2) is 17.7 Å². The molecule has 2 aromatic rings. The number of piperidine rings is 1. The van der Waals surface area contributed by atoms with E-state index < -0.39 is 0 Å². The van der Waals surface area contributed by atoms with E-state index in [4.69, 9.17) is 0 Å². The average Bonchev–Trinajstić information content (AvgIpc) is 3.02. The largest absolute Gasteiger partial charge is 0.381 e. The fourth-order valence-electron chi connectivity index (χ4n) is 2.94. The minimum Gasteiger partial charge on any atom is -0.381 e. The van der Waals surface area contributed by atoms with E-state index in [0.29, 0.717) is 0 Å². The van der Waals surface area contributed by atoms with E-state index in [9.17, 15) is 0 Å². The highest BCUT2D eigenvalue weighted by Crippen LogP contribution is 2.22. The zero-order valence-corrected chi connectivity index (χ0v) is 12.9. The number of nitrogens with one attached hydrogen (secondary N) is 1. The third kappa shape index (κ3) is 3.60. The molecule has 1 aromatic heterocycles. The van der Waals surface area contributed by atoms with E-state index in [1.165, 1.54) is 49.3 Å². The first-order valence-electron chi connectivity index (χ1n) is 8.08. The molecule has 1 N–H and O–H groups in total. The monoisotopic (exact) mass is 283 g/mol. The summed E-state index contributed by atoms with van der Waals surface area (Å²) in [7, 11) is 0. The van der Waals surface area contributed by atoms with E-state index in [2.05, 4.69) is 64.4 Å². The number of nitrogens with zero attached hydrogens (tertiary/aromatic N) is 2. The van der Waals surface area contributed by atoms with Gasteiger partial charge in [0.2, 0.25) is 0 Å². The number of hydrogen-bond acceptors (Lipinski definition) is 2. The topological polar surface area (TPSA) is 20.2 Å². The highest BCUT2D eigenvalue weighted by molar-refractivity contribution is 5.55. The molecule has 1 fully saturated rings. The van der Waals surface area contributed by atoms with Crippen LogP contribution in [0.2, 0.25) is 0 Å². The molecule has 1 saturated heterocycles. The van der Waals surface area contributed by atoms with Crippen molar-refractivity contribution in [2.45, 2.75) is 39.3 Å². The van der Waals surface area contributed by atoms with Crippen LogP contribution in [0.25, 0.3) is 0 Å². The summed E-state index contributed by atoms with van der Waals surface area (Å²) in [5.74, 6) is 0. The van der Waals surface area contributed by atoms with Crippen molar-refractivity contribution >= 4 is 11.4 Å². The Morgan fingerprint density at radius 3 is 2.43 bits per heavy atom. The summed E-state index contributed by atoms with van der Waals surface area (Å²) in [5.41, 5.74) is 3.88. The molecular weight excluding hydrogens is 258 g/mol. The Kier molecular flexibility index (Phi) is 4.49. The maximum absolute atomic E-state index is 3.50. The molecule has 3 heteroatoms. The number of aryl methyl sites for hydroxylation is 1. The number of anilines is 2. The Hall–Kier alpha value is -1.90. The first-order valence-corrected chi connectivity index (χ1v) is 8.08. The maximum Gasteiger partial charge on any atom is 0.0415 e. The van der Waals surface area contributed by atoms with Gasteiger partial charge in [0.1, 0.15) is 0 Å². The van der Waals surface area contributed by atoms with Crippen molar-refractivity contribution in [3.8, 4) is 0 Å². The second-order valence-corrected chi connectivity index (χ2v) is 5.80. The summed E-state index contributed by atoms with van der Waals surface area (Å²) >= 11 is 0. The zero-order chi connectivity index (χ0) is 14.5. The number of aromatic nitrogens is 1. The van der Waals surface area contributed by atoms with Gasteiger partial charge >= 0.3 is 0 Å². The molecule has 0 spiro atoms. The molecule has 0 amide bonds. The van der Waals surface area contributed by atoms with E-state index >= 15 is 0 Å². The SMILES string of the molecule is CCn1ccc(CNc2ccc(N3CCCCC3)cc2)c1. The lowest BCUT2D eigenvalue weighted by Gasteiger charge is -2.28. The molecule has 0 saturated carbocycles. The van der Waals surface area contributed by atoms with Crippen molar-refractivity contribution in [2.75, 3.05) is 23.3 Å². The van der Waals surface area contributed by atoms with Crippen LogP contribution < -0.4 is 10.2 Å². The average molecular weight is 283 g/mol. The number of rotatable bonds is 5. The van der Waals surface area contributed by atoms with Crippen molar-refractivity contribution in [3.05, 3.63) is 48.3 Å². The molecule has 3 rings (SSSR count). The van der Waals surface area contributed by atoms with Crippen molar-refractivity contribution in [3.63, 3.8) is 0 Å². The summed E-state index contributed by atoms with van der Waals surface area (Å²) < 4.78 is 2.20. The van der Waals surface area contributed by atoms with E-state index in [0.717, 1.165) is 13.1 Å². The Balaban J connectivity index is 1.56. The van der Waals surface area contributed by atoms with Gasteiger partial charge < -0.3 is 14.8 Å². The fourth-order valence-corrected chi connectivity index (χ4v) is 2.94. The van der Waals surface area contributed by atoms with Gasteiger partial charge in [-0.3, -0.25) is 0 Å². The van der Waals surface area contributed by atoms with Gasteiger partial charge in [-0.25, -0.2) is 0 Å². The van der Waals surface area contributed by atoms with Crippen LogP contribution in [0.4, 0.5) is 11.4 Å². The molecule has 1 aliphatic rings. The third-order valence-corrected chi connectivity index (χ3v) is 4.26. The lowest BCUT2D eigenvalue weighted by molar-refractivity contribution is 0.578. The number of hydrogen-bond donors (Lipinski definition) is 1. The molecule has 0 radical (unpaired) electrons. The van der Waals surface area contributed by atoms with Crippen LogP contribution in [0.5, 0.6) is 0 Å². The zero-order valence-electron chi connectivity index (χ0n) is 12.9. The lowest BCUT2D eigenvalue weighted by atomic mass is 10.1. The number of benzene rings is 1. The molecule has 0 atom stereocenters. The first-order chi connectivity index (χ1) is 10.3. The molecule has 0 bridgehead atoms. The molecule has 21 heavy (non-hydrogen) atoms. The van der Waals surface area contributed by atoms with Gasteiger partial charge in [-0.05, 0) is 62.1 Å². The van der Waals surface area contributed by atoms with Crippen molar-refractivity contribution in [2.24, 2.45) is 0 Å². The van der Waals surface area contributed by atoms with E-state index in [1.54, 1.807) is 0 Å². The van der Waals surface area contributed by atoms with Gasteiger partial charge in [-0.15, -0.1) is 0 Å². The molecule has 0 aliphatic carbocycles. The standard InChI is InChI=1S/C18H25N3/c1-2-20-13-10-16(15-20)14-19-17-6-8-18(9-7-17)21-11-4-3-5-12-21/h6-10,13,15,19H,2-5,11-12,14H2,1H3. The quantitative estimate of drug-likeness (QED) is 0.891. The highest BCUT2D eigenvalue weighted by Gasteiger charge is 2.10. The van der Waals surface area contributed by atoms with Crippen molar-refractivity contribution in [1.82, 2.24) is 4.57 Å². The van der Waals surface area contributed by atoms with Gasteiger partial charge in [0, 0.05) is 49.9 Å². The van der Waals surface area contributed by atoms with Crippen LogP contribution in [0.1, 0.15) is 31.7 Å². The predicted molar refractivity (Wildman–Crippen MR) is 89.9 cm³/mol. The van der Waals surface area contributed by atoms with Crippen LogP contribution in [0.3, 0.4) is 0 Å². The lowest BCUT2D eigenvalue weighted by Crippen LogP contribution is -2.29. The van der Waals surface area contributed by atoms with Crippen LogP contribution in [0, 0.1) is 0 Å². The van der Waals surface area contributed by atoms with Gasteiger partial charge in [-0.2, -0.15) is 0 Å². The van der Waals surface area contributed by atoms with Gasteiger partial charge in [0.25, 0.3) is 0 Å². The molecule has 0 unspecified atom stereocenters. The Morgan fingerprint density at radius 1 is 1.00 bits per heavy atom. The van der Waals surface area contributed by atoms with Gasteiger partial charge in [-0.1, -0.05) is 0 Å². The summed E-state index contributed by atoms with van der Waals surface area (Å²) in [5, 5.41) is 3.50. The Bertz CT molecular complexity index is 550. The second-order valence-electron chi connectivity index (χ2n) is 5.80. The minimum absolute atomic E-state index is 0.885. The van der Waals surface area contributed by atoms with Gasteiger partial charge in [0.15, 0.2) is 0 Å². The summed E-state index contributed by atoms with van der Waals surface area (Å²) in [6, 6.07) is 11.1. The molecule has 3 nitrogen and oxygen atoms in total. The first kappa shape index (κ1) is 14.1. The van der Waals surface area contributed by atoms with Crippen molar-refractivity contribution < 1.29 is 0 Å². The fraction of sp³-hybridized carbons (Fsp3) is 0.444. The Morgan fingerprint density at radius 2 is 1.76 bits per heavy atom. The van der Waals surface area contributed by atoms with E-state index in [-0.39, 0.29) is 0 Å².